The topological polar surface area (TPSA) is 122 Å². The summed E-state index contributed by atoms with van der Waals surface area (Å²) in [5, 5.41) is 0. The van der Waals surface area contributed by atoms with Crippen molar-refractivity contribution < 1.29 is 42.9 Å². The second kappa shape index (κ2) is 48.6. The van der Waals surface area contributed by atoms with Gasteiger partial charge in [0.05, 0.1) is 12.3 Å². The minimum absolute atomic E-state index is 0.0887. The zero-order valence-corrected chi connectivity index (χ0v) is 44.7. The lowest BCUT2D eigenvalue weighted by molar-refractivity contribution is -0.167. The van der Waals surface area contributed by atoms with E-state index in [4.69, 9.17) is 18.9 Å². The molecule has 0 aliphatic carbocycles. The molecule has 9 nitrogen and oxygen atoms in total. The highest BCUT2D eigenvalue weighted by molar-refractivity contribution is 5.94. The molecule has 0 aromatic carbocycles. The molecule has 0 aromatic rings. The van der Waals surface area contributed by atoms with Crippen LogP contribution in [0.2, 0.25) is 0 Å². The van der Waals surface area contributed by atoms with Crippen LogP contribution in [-0.2, 0) is 42.9 Å². The van der Waals surface area contributed by atoms with E-state index in [0.717, 1.165) is 116 Å². The summed E-state index contributed by atoms with van der Waals surface area (Å²) in [4.78, 5) is 62.4. The summed E-state index contributed by atoms with van der Waals surface area (Å²) in [6, 6.07) is 0. The van der Waals surface area contributed by atoms with Crippen LogP contribution < -0.4 is 0 Å². The third-order valence-electron chi connectivity index (χ3n) is 12.7. The maximum atomic E-state index is 12.9. The van der Waals surface area contributed by atoms with Gasteiger partial charge in [-0.05, 0) is 115 Å². The van der Waals surface area contributed by atoms with Gasteiger partial charge in [0.2, 0.25) is 0 Å². The van der Waals surface area contributed by atoms with E-state index < -0.39 is 24.0 Å². The van der Waals surface area contributed by atoms with Gasteiger partial charge in [0, 0.05) is 19.3 Å². The van der Waals surface area contributed by atoms with Crippen LogP contribution in [0.5, 0.6) is 0 Å². The number of unbranched alkanes of at least 4 members (excludes halogenated alkanes) is 23. The SMILES string of the molecule is CC/C=C\C/C=C\CC(/C=C/CCCCCCC(=O)OCC(COC(=O)CCCCCCC/C=C\CCCCCCCC)OC(=O)CCCCCCC/C=C\C/C=C\CCCCC)C1CC(=O)OC1=O. The molecule has 1 aliphatic heterocycles. The van der Waals surface area contributed by atoms with Gasteiger partial charge in [-0.25, -0.2) is 0 Å². The van der Waals surface area contributed by atoms with Gasteiger partial charge in [0.25, 0.3) is 0 Å². The van der Waals surface area contributed by atoms with E-state index in [2.05, 4.69) is 87.6 Å². The number of cyclic esters (lactones) is 2. The number of carbonyl (C=O) groups excluding carboxylic acids is 5. The number of allylic oxidation sites excluding steroid dienone is 12. The van der Waals surface area contributed by atoms with Crippen molar-refractivity contribution in [1.29, 1.82) is 0 Å². The molecule has 0 aromatic heterocycles. The van der Waals surface area contributed by atoms with E-state index in [1.165, 1.54) is 77.0 Å². The van der Waals surface area contributed by atoms with Crippen molar-refractivity contribution in [1.82, 2.24) is 0 Å². The zero-order chi connectivity index (χ0) is 50.8. The largest absolute Gasteiger partial charge is 0.462 e. The number of esters is 5. The van der Waals surface area contributed by atoms with Crippen molar-refractivity contribution in [2.45, 2.75) is 258 Å². The Hall–Kier alpha value is -4.01. The van der Waals surface area contributed by atoms with Crippen LogP contribution in [0.15, 0.2) is 72.9 Å². The summed E-state index contributed by atoms with van der Waals surface area (Å²) >= 11 is 0. The molecule has 1 fully saturated rings. The van der Waals surface area contributed by atoms with Gasteiger partial charge in [0.15, 0.2) is 6.10 Å². The van der Waals surface area contributed by atoms with E-state index in [1.807, 2.05) is 6.08 Å². The lowest BCUT2D eigenvalue weighted by Crippen LogP contribution is -2.30. The maximum absolute atomic E-state index is 12.9. The van der Waals surface area contributed by atoms with Crippen molar-refractivity contribution in [3.63, 3.8) is 0 Å². The number of hydrogen-bond donors (Lipinski definition) is 0. The fourth-order valence-electron chi connectivity index (χ4n) is 8.34. The van der Waals surface area contributed by atoms with Crippen LogP contribution in [0, 0.1) is 11.8 Å². The summed E-state index contributed by atoms with van der Waals surface area (Å²) in [6.45, 7) is 6.30. The van der Waals surface area contributed by atoms with E-state index in [-0.39, 0.29) is 56.3 Å². The normalized spacial score (nSPS) is 15.2. The molecular formula is C61H100O9. The Labute approximate surface area is 427 Å². The first kappa shape index (κ1) is 64.0. The van der Waals surface area contributed by atoms with Crippen molar-refractivity contribution in [3.8, 4) is 0 Å². The maximum Gasteiger partial charge on any atom is 0.317 e. The van der Waals surface area contributed by atoms with Gasteiger partial charge < -0.3 is 18.9 Å². The van der Waals surface area contributed by atoms with Crippen LogP contribution in [0.25, 0.3) is 0 Å². The molecule has 1 rings (SSSR count). The number of rotatable bonds is 48. The first-order valence-electron chi connectivity index (χ1n) is 28.5. The Morgan fingerprint density at radius 2 is 0.886 bits per heavy atom. The van der Waals surface area contributed by atoms with Crippen LogP contribution in [0.4, 0.5) is 0 Å². The van der Waals surface area contributed by atoms with Crippen molar-refractivity contribution in [2.75, 3.05) is 13.2 Å². The molecule has 0 amide bonds. The van der Waals surface area contributed by atoms with Crippen molar-refractivity contribution in [2.24, 2.45) is 11.8 Å². The minimum Gasteiger partial charge on any atom is -0.462 e. The quantitative estimate of drug-likeness (QED) is 0.0193. The number of ether oxygens (including phenoxy) is 4. The van der Waals surface area contributed by atoms with E-state index in [1.54, 1.807) is 0 Å². The summed E-state index contributed by atoms with van der Waals surface area (Å²) < 4.78 is 21.6. The highest BCUT2D eigenvalue weighted by Gasteiger charge is 2.37. The van der Waals surface area contributed by atoms with Crippen molar-refractivity contribution in [3.05, 3.63) is 72.9 Å². The van der Waals surface area contributed by atoms with Gasteiger partial charge in [-0.3, -0.25) is 24.0 Å². The average Bonchev–Trinajstić information content (AvgIpc) is 3.69. The Bertz CT molecular complexity index is 1500. The van der Waals surface area contributed by atoms with Gasteiger partial charge in [-0.2, -0.15) is 0 Å². The molecule has 3 unspecified atom stereocenters. The molecule has 70 heavy (non-hydrogen) atoms. The molecule has 0 saturated carbocycles. The average molecular weight is 977 g/mol. The van der Waals surface area contributed by atoms with Gasteiger partial charge >= 0.3 is 29.8 Å². The third kappa shape index (κ3) is 40.7. The summed E-state index contributed by atoms with van der Waals surface area (Å²) in [6.07, 6.45) is 60.5. The number of hydrogen-bond acceptors (Lipinski definition) is 9. The smallest absolute Gasteiger partial charge is 0.317 e. The second-order valence-electron chi connectivity index (χ2n) is 19.3. The molecule has 0 radical (unpaired) electrons. The highest BCUT2D eigenvalue weighted by atomic mass is 16.6. The summed E-state index contributed by atoms with van der Waals surface area (Å²) in [5.74, 6) is -2.49. The lowest BCUT2D eigenvalue weighted by atomic mass is 9.87. The molecule has 398 valence electrons. The molecule has 9 heteroatoms. The van der Waals surface area contributed by atoms with E-state index >= 15 is 0 Å². The molecule has 0 bridgehead atoms. The third-order valence-corrected chi connectivity index (χ3v) is 12.7. The highest BCUT2D eigenvalue weighted by Crippen LogP contribution is 2.29. The Morgan fingerprint density at radius 3 is 1.37 bits per heavy atom. The molecule has 1 aliphatic rings. The van der Waals surface area contributed by atoms with Crippen LogP contribution in [0.1, 0.15) is 252 Å². The monoisotopic (exact) mass is 977 g/mol. The molecular weight excluding hydrogens is 877 g/mol. The lowest BCUT2D eigenvalue weighted by Gasteiger charge is -2.18. The molecule has 1 saturated heterocycles. The summed E-state index contributed by atoms with van der Waals surface area (Å²) in [7, 11) is 0. The van der Waals surface area contributed by atoms with E-state index in [0.29, 0.717) is 19.3 Å². The first-order chi connectivity index (χ1) is 34.3. The Morgan fingerprint density at radius 1 is 0.486 bits per heavy atom. The van der Waals surface area contributed by atoms with Crippen LogP contribution in [0.3, 0.4) is 0 Å². The fraction of sp³-hybridized carbons (Fsp3) is 0.721. The predicted molar refractivity (Wildman–Crippen MR) is 288 cm³/mol. The van der Waals surface area contributed by atoms with Gasteiger partial charge in [0.1, 0.15) is 13.2 Å². The summed E-state index contributed by atoms with van der Waals surface area (Å²) in [5.41, 5.74) is 0. The Kier molecular flexibility index (Phi) is 44.4. The fourth-order valence-corrected chi connectivity index (χ4v) is 8.34. The molecule has 1 heterocycles. The minimum atomic E-state index is -0.847. The Balaban J connectivity index is 2.46. The molecule has 0 N–H and O–H groups in total. The molecule has 3 atom stereocenters. The predicted octanol–water partition coefficient (Wildman–Crippen LogP) is 16.7. The van der Waals surface area contributed by atoms with Gasteiger partial charge in [-0.15, -0.1) is 0 Å². The van der Waals surface area contributed by atoms with E-state index in [9.17, 15) is 24.0 Å². The van der Waals surface area contributed by atoms with Crippen LogP contribution in [-0.4, -0.2) is 49.2 Å². The zero-order valence-electron chi connectivity index (χ0n) is 44.7. The van der Waals surface area contributed by atoms with Crippen LogP contribution >= 0.6 is 0 Å². The second-order valence-corrected chi connectivity index (χ2v) is 19.3. The number of carbonyl (C=O) groups is 5. The first-order valence-corrected chi connectivity index (χ1v) is 28.5. The van der Waals surface area contributed by atoms with Crippen molar-refractivity contribution >= 4 is 29.8 Å². The van der Waals surface area contributed by atoms with Gasteiger partial charge in [-0.1, -0.05) is 190 Å². The molecule has 0 spiro atoms. The standard InChI is InChI=1S/C61H100O9/c1-4-7-10-13-16-18-20-22-24-26-28-30-32-38-43-48-57(62)67-52-55(69-59(64)50-45-40-33-31-29-27-25-23-21-19-17-14-11-8-5-2)53-68-58(63)49-44-39-35-34-37-42-47-54(46-41-36-15-12-9-6-3)56-51-60(65)70-61(56)66/h9,12,17,19,22-25,36,41-42,47,54-56H,4-8,10-11,13-16,18,20-21,26-35,37-40,43-46,48-53H2,1-3H3/b12-9-,19-17-,24-22-,25-23-,41-36-,47-42+.